The molecule has 2 N–H and O–H groups in total. The summed E-state index contributed by atoms with van der Waals surface area (Å²) in [7, 11) is 0. The fraction of sp³-hybridized carbons (Fsp3) is 0.714. The van der Waals surface area contributed by atoms with Gasteiger partial charge in [-0.1, -0.05) is 6.08 Å². The van der Waals surface area contributed by atoms with Crippen LogP contribution in [0.1, 0.15) is 12.8 Å². The topological polar surface area (TPSA) is 24.1 Å². The molecule has 2 aliphatic heterocycles. The molecule has 2 heteroatoms. The van der Waals surface area contributed by atoms with Crippen LogP contribution in [-0.2, 0) is 0 Å². The normalized spacial score (nSPS) is 32.9. The third-order valence-electron chi connectivity index (χ3n) is 2.04. The Hall–Kier alpha value is -0.500. The van der Waals surface area contributed by atoms with E-state index in [4.69, 9.17) is 0 Å². The van der Waals surface area contributed by atoms with Crippen molar-refractivity contribution in [3.05, 3.63) is 11.8 Å². The van der Waals surface area contributed by atoms with E-state index < -0.39 is 0 Å². The fourth-order valence-corrected chi connectivity index (χ4v) is 1.55. The second kappa shape index (κ2) is 2.03. The minimum Gasteiger partial charge on any atom is -0.387 e. The van der Waals surface area contributed by atoms with E-state index in [1.165, 1.54) is 18.5 Å². The largest absolute Gasteiger partial charge is 0.387 e. The Morgan fingerprint density at radius 1 is 1.44 bits per heavy atom. The molecule has 0 aromatic rings. The fourth-order valence-electron chi connectivity index (χ4n) is 1.55. The second-order valence-corrected chi connectivity index (χ2v) is 2.67. The average molecular weight is 124 g/mol. The first kappa shape index (κ1) is 5.30. The van der Waals surface area contributed by atoms with Crippen molar-refractivity contribution >= 4 is 0 Å². The number of hydrogen-bond acceptors (Lipinski definition) is 2. The molecule has 2 aliphatic rings. The van der Waals surface area contributed by atoms with Crippen LogP contribution < -0.4 is 10.6 Å². The quantitative estimate of drug-likeness (QED) is 0.483. The maximum absolute atomic E-state index is 3.45. The van der Waals surface area contributed by atoms with E-state index >= 15 is 0 Å². The van der Waals surface area contributed by atoms with Gasteiger partial charge in [0.2, 0.25) is 0 Å². The highest BCUT2D eigenvalue weighted by Crippen LogP contribution is 2.14. The van der Waals surface area contributed by atoms with Crippen molar-refractivity contribution in [2.75, 3.05) is 13.1 Å². The number of rotatable bonds is 0. The van der Waals surface area contributed by atoms with Crippen LogP contribution in [0, 0.1) is 0 Å². The maximum atomic E-state index is 3.45. The Morgan fingerprint density at radius 2 is 2.44 bits per heavy atom. The van der Waals surface area contributed by atoms with Gasteiger partial charge < -0.3 is 10.6 Å². The Bertz CT molecular complexity index is 140. The van der Waals surface area contributed by atoms with Crippen molar-refractivity contribution in [1.82, 2.24) is 10.6 Å². The predicted octanol–water partition coefficient (Wildman–Crippen LogP) is 0.225. The van der Waals surface area contributed by atoms with Gasteiger partial charge in [-0.3, -0.25) is 0 Å². The molecule has 2 rings (SSSR count). The van der Waals surface area contributed by atoms with E-state index in [1.807, 2.05) is 0 Å². The lowest BCUT2D eigenvalue weighted by atomic mass is 10.1. The molecule has 0 bridgehead atoms. The molecular formula is C7H12N2. The maximum Gasteiger partial charge on any atom is 0.0483 e. The molecule has 0 radical (unpaired) electrons. The zero-order chi connectivity index (χ0) is 6.10. The van der Waals surface area contributed by atoms with Gasteiger partial charge >= 0.3 is 0 Å². The van der Waals surface area contributed by atoms with E-state index in [-0.39, 0.29) is 0 Å². The lowest BCUT2D eigenvalue weighted by molar-refractivity contribution is 0.566. The highest BCUT2D eigenvalue weighted by Gasteiger charge is 2.20. The van der Waals surface area contributed by atoms with Crippen LogP contribution in [-0.4, -0.2) is 19.1 Å². The molecule has 0 saturated carbocycles. The van der Waals surface area contributed by atoms with Crippen molar-refractivity contribution in [3.8, 4) is 0 Å². The van der Waals surface area contributed by atoms with E-state index in [9.17, 15) is 0 Å². The summed E-state index contributed by atoms with van der Waals surface area (Å²) in [6, 6.07) is 0.666. The average Bonchev–Trinajstić information content (AvgIpc) is 2.33. The molecule has 9 heavy (non-hydrogen) atoms. The van der Waals surface area contributed by atoms with Gasteiger partial charge in [0.05, 0.1) is 0 Å². The molecule has 0 aromatic carbocycles. The number of fused-ring (bicyclic) bond motifs is 1. The third-order valence-corrected chi connectivity index (χ3v) is 2.04. The Morgan fingerprint density at radius 3 is 3.33 bits per heavy atom. The van der Waals surface area contributed by atoms with Crippen LogP contribution >= 0.6 is 0 Å². The van der Waals surface area contributed by atoms with E-state index in [1.54, 1.807) is 0 Å². The molecule has 1 fully saturated rings. The molecule has 2 nitrogen and oxygen atoms in total. The van der Waals surface area contributed by atoms with E-state index in [2.05, 4.69) is 16.7 Å². The van der Waals surface area contributed by atoms with Gasteiger partial charge in [-0.15, -0.1) is 0 Å². The van der Waals surface area contributed by atoms with Crippen LogP contribution in [0.3, 0.4) is 0 Å². The monoisotopic (exact) mass is 124 g/mol. The van der Waals surface area contributed by atoms with Crippen molar-refractivity contribution in [2.45, 2.75) is 18.9 Å². The molecule has 0 amide bonds. The Balaban J connectivity index is 2.16. The minimum atomic E-state index is 0.666. The summed E-state index contributed by atoms with van der Waals surface area (Å²) in [5.41, 5.74) is 1.43. The summed E-state index contributed by atoms with van der Waals surface area (Å²) < 4.78 is 0. The van der Waals surface area contributed by atoms with Crippen LogP contribution in [0.5, 0.6) is 0 Å². The van der Waals surface area contributed by atoms with Gasteiger partial charge in [0.25, 0.3) is 0 Å². The first-order chi connectivity index (χ1) is 4.47. The molecule has 2 heterocycles. The molecular weight excluding hydrogens is 112 g/mol. The van der Waals surface area contributed by atoms with Gasteiger partial charge in [0.1, 0.15) is 0 Å². The van der Waals surface area contributed by atoms with Crippen molar-refractivity contribution in [2.24, 2.45) is 0 Å². The molecule has 1 atom stereocenters. The predicted molar refractivity (Wildman–Crippen MR) is 37.1 cm³/mol. The first-order valence-corrected chi connectivity index (χ1v) is 3.64. The minimum absolute atomic E-state index is 0.666. The van der Waals surface area contributed by atoms with E-state index in [0.717, 1.165) is 13.1 Å². The highest BCUT2D eigenvalue weighted by atomic mass is 15.0. The summed E-state index contributed by atoms with van der Waals surface area (Å²) in [6.07, 6.45) is 4.78. The summed E-state index contributed by atoms with van der Waals surface area (Å²) >= 11 is 0. The molecule has 0 aliphatic carbocycles. The molecule has 0 aromatic heterocycles. The Labute approximate surface area is 55.3 Å². The zero-order valence-corrected chi connectivity index (χ0v) is 5.48. The second-order valence-electron chi connectivity index (χ2n) is 2.67. The van der Waals surface area contributed by atoms with Gasteiger partial charge in [-0.25, -0.2) is 0 Å². The molecule has 50 valence electrons. The third kappa shape index (κ3) is 0.833. The smallest absolute Gasteiger partial charge is 0.0483 e. The Kier molecular flexibility index (Phi) is 1.19. The number of nitrogens with one attached hydrogen (secondary N) is 2. The molecule has 1 saturated heterocycles. The lowest BCUT2D eigenvalue weighted by Gasteiger charge is -2.17. The van der Waals surface area contributed by atoms with Crippen molar-refractivity contribution in [3.63, 3.8) is 0 Å². The van der Waals surface area contributed by atoms with Crippen molar-refractivity contribution in [1.29, 1.82) is 0 Å². The summed E-state index contributed by atoms with van der Waals surface area (Å²) in [5, 5.41) is 6.81. The summed E-state index contributed by atoms with van der Waals surface area (Å²) in [4.78, 5) is 0. The zero-order valence-electron chi connectivity index (χ0n) is 5.48. The molecule has 1 unspecified atom stereocenters. The highest BCUT2D eigenvalue weighted by molar-refractivity contribution is 5.16. The van der Waals surface area contributed by atoms with Crippen LogP contribution in [0.2, 0.25) is 0 Å². The number of hydrogen-bond donors (Lipinski definition) is 2. The van der Waals surface area contributed by atoms with Gasteiger partial charge in [0.15, 0.2) is 0 Å². The van der Waals surface area contributed by atoms with Gasteiger partial charge in [0, 0.05) is 18.3 Å². The van der Waals surface area contributed by atoms with Gasteiger partial charge in [-0.05, 0) is 19.4 Å². The standard InChI is InChI=1S/C7H12N2/c1-2-6-7(8-4-1)3-5-9-6/h2,7-9H,1,3-5H2. The summed E-state index contributed by atoms with van der Waals surface area (Å²) in [5.74, 6) is 0. The van der Waals surface area contributed by atoms with E-state index in [0.29, 0.717) is 6.04 Å². The lowest BCUT2D eigenvalue weighted by Crippen LogP contribution is -2.33. The van der Waals surface area contributed by atoms with Gasteiger partial charge in [-0.2, -0.15) is 0 Å². The summed E-state index contributed by atoms with van der Waals surface area (Å²) in [6.45, 7) is 2.32. The van der Waals surface area contributed by atoms with Crippen molar-refractivity contribution < 1.29 is 0 Å². The SMILES string of the molecule is C1=C2NCCC2NCC1. The van der Waals surface area contributed by atoms with Crippen LogP contribution in [0.15, 0.2) is 11.8 Å². The molecule has 0 spiro atoms. The first-order valence-electron chi connectivity index (χ1n) is 3.64. The van der Waals surface area contributed by atoms with Crippen LogP contribution in [0.25, 0.3) is 0 Å². The van der Waals surface area contributed by atoms with Crippen LogP contribution in [0.4, 0.5) is 0 Å².